The van der Waals surface area contributed by atoms with Crippen LogP contribution in [0.15, 0.2) is 0 Å². The molecule has 1 heterocycles. The monoisotopic (exact) mass is 281 g/mol. The van der Waals surface area contributed by atoms with E-state index in [0.29, 0.717) is 32.5 Å². The van der Waals surface area contributed by atoms with Gasteiger partial charge in [-0.1, -0.05) is 6.92 Å². The lowest BCUT2D eigenvalue weighted by Crippen LogP contribution is -2.45. The van der Waals surface area contributed by atoms with Gasteiger partial charge in [0.1, 0.15) is 0 Å². The average Bonchev–Trinajstić information content (AvgIpc) is 2.89. The Morgan fingerprint density at radius 3 is 2.55 bits per heavy atom. The minimum Gasteiger partial charge on any atom is -0.481 e. The molecule has 1 N–H and O–H groups in total. The number of amides is 2. The van der Waals surface area contributed by atoms with Gasteiger partial charge in [0.05, 0.1) is 17.4 Å². The molecule has 2 atom stereocenters. The number of aliphatic carboxylic acids is 1. The molecule has 1 aliphatic heterocycles. The molecule has 1 saturated heterocycles. The Bertz CT molecular complexity index is 418. The van der Waals surface area contributed by atoms with Crippen LogP contribution >= 0.6 is 0 Å². The second-order valence-corrected chi connectivity index (χ2v) is 5.46. The standard InChI is InChI=1S/C14H23N3O3/c1-4-14(12(18)19)6-7-17(10-14)13(20)16(5-2)9-11(3)8-15/h11H,4-7,9-10H2,1-3H3,(H,18,19). The molecule has 0 aliphatic carbocycles. The maximum Gasteiger partial charge on any atom is 0.320 e. The van der Waals surface area contributed by atoms with Gasteiger partial charge in [-0.3, -0.25) is 4.79 Å². The van der Waals surface area contributed by atoms with Gasteiger partial charge in [0.15, 0.2) is 0 Å². The van der Waals surface area contributed by atoms with Crippen LogP contribution in [0.5, 0.6) is 0 Å². The summed E-state index contributed by atoms with van der Waals surface area (Å²) in [5, 5.41) is 18.2. The largest absolute Gasteiger partial charge is 0.481 e. The Kier molecular flexibility index (Phi) is 5.37. The summed E-state index contributed by atoms with van der Waals surface area (Å²) in [5.41, 5.74) is -0.810. The highest BCUT2D eigenvalue weighted by Crippen LogP contribution is 2.34. The maximum absolute atomic E-state index is 12.4. The Morgan fingerprint density at radius 1 is 1.50 bits per heavy atom. The molecule has 0 spiro atoms. The molecular weight excluding hydrogens is 258 g/mol. The van der Waals surface area contributed by atoms with Gasteiger partial charge >= 0.3 is 12.0 Å². The molecular formula is C14H23N3O3. The average molecular weight is 281 g/mol. The molecule has 0 saturated carbocycles. The van der Waals surface area contributed by atoms with Crippen molar-refractivity contribution in [1.29, 1.82) is 5.26 Å². The summed E-state index contributed by atoms with van der Waals surface area (Å²) in [6.07, 6.45) is 1.02. The second-order valence-electron chi connectivity index (χ2n) is 5.46. The normalized spacial score (nSPS) is 23.2. The molecule has 112 valence electrons. The van der Waals surface area contributed by atoms with Crippen LogP contribution in [0.2, 0.25) is 0 Å². The molecule has 0 bridgehead atoms. The summed E-state index contributed by atoms with van der Waals surface area (Å²) in [6, 6.07) is 1.95. The van der Waals surface area contributed by atoms with Crippen LogP contribution < -0.4 is 0 Å². The van der Waals surface area contributed by atoms with Crippen LogP contribution in [0.3, 0.4) is 0 Å². The highest BCUT2D eigenvalue weighted by atomic mass is 16.4. The molecule has 0 aromatic rings. The first-order valence-corrected chi connectivity index (χ1v) is 7.07. The van der Waals surface area contributed by atoms with Gasteiger partial charge in [0, 0.05) is 26.2 Å². The number of hydrogen-bond donors (Lipinski definition) is 1. The summed E-state index contributed by atoms with van der Waals surface area (Å²) in [4.78, 5) is 27.0. The number of nitriles is 1. The van der Waals surface area contributed by atoms with Crippen molar-refractivity contribution in [3.05, 3.63) is 0 Å². The zero-order valence-electron chi connectivity index (χ0n) is 12.4. The fourth-order valence-corrected chi connectivity index (χ4v) is 2.56. The van der Waals surface area contributed by atoms with Crippen molar-refractivity contribution in [2.75, 3.05) is 26.2 Å². The highest BCUT2D eigenvalue weighted by Gasteiger charge is 2.45. The fourth-order valence-electron chi connectivity index (χ4n) is 2.56. The number of carboxylic acid groups (broad SMARTS) is 1. The van der Waals surface area contributed by atoms with E-state index >= 15 is 0 Å². The first-order valence-electron chi connectivity index (χ1n) is 7.07. The summed E-state index contributed by atoms with van der Waals surface area (Å²) in [5.74, 6) is -1.05. The molecule has 0 radical (unpaired) electrons. The number of carbonyl (C=O) groups is 2. The Hall–Kier alpha value is -1.77. The van der Waals surface area contributed by atoms with E-state index in [1.54, 1.807) is 16.7 Å². The molecule has 6 nitrogen and oxygen atoms in total. The fraction of sp³-hybridized carbons (Fsp3) is 0.786. The number of carboxylic acids is 1. The van der Waals surface area contributed by atoms with Crippen molar-refractivity contribution >= 4 is 12.0 Å². The third kappa shape index (κ3) is 3.21. The number of likely N-dealkylation sites (tertiary alicyclic amines) is 1. The van der Waals surface area contributed by atoms with Crippen LogP contribution in [0, 0.1) is 22.7 Å². The smallest absolute Gasteiger partial charge is 0.320 e. The third-order valence-corrected chi connectivity index (χ3v) is 4.12. The highest BCUT2D eigenvalue weighted by molar-refractivity contribution is 5.79. The van der Waals surface area contributed by atoms with Crippen LogP contribution in [-0.4, -0.2) is 53.1 Å². The Labute approximate surface area is 120 Å². The van der Waals surface area contributed by atoms with Crippen LogP contribution in [0.4, 0.5) is 4.79 Å². The first kappa shape index (κ1) is 16.3. The predicted octanol–water partition coefficient (Wildman–Crippen LogP) is 1.77. The molecule has 2 amide bonds. The molecule has 0 aromatic heterocycles. The quantitative estimate of drug-likeness (QED) is 0.832. The zero-order chi connectivity index (χ0) is 15.3. The van der Waals surface area contributed by atoms with Crippen LogP contribution in [0.25, 0.3) is 0 Å². The van der Waals surface area contributed by atoms with E-state index in [-0.39, 0.29) is 18.5 Å². The maximum atomic E-state index is 12.4. The van der Waals surface area contributed by atoms with E-state index in [2.05, 4.69) is 6.07 Å². The zero-order valence-corrected chi connectivity index (χ0v) is 12.4. The van der Waals surface area contributed by atoms with E-state index in [4.69, 9.17) is 5.26 Å². The summed E-state index contributed by atoms with van der Waals surface area (Å²) >= 11 is 0. The van der Waals surface area contributed by atoms with Crippen molar-refractivity contribution < 1.29 is 14.7 Å². The van der Waals surface area contributed by atoms with E-state index < -0.39 is 11.4 Å². The van der Waals surface area contributed by atoms with E-state index in [0.717, 1.165) is 0 Å². The molecule has 6 heteroatoms. The van der Waals surface area contributed by atoms with Crippen molar-refractivity contribution in [2.24, 2.45) is 11.3 Å². The number of nitrogens with zero attached hydrogens (tertiary/aromatic N) is 3. The second kappa shape index (κ2) is 6.60. The SMILES string of the molecule is CCN(CC(C)C#N)C(=O)N1CCC(CC)(C(=O)O)C1. The first-order chi connectivity index (χ1) is 9.40. The molecule has 1 rings (SSSR count). The molecule has 20 heavy (non-hydrogen) atoms. The van der Waals surface area contributed by atoms with Crippen molar-refractivity contribution in [2.45, 2.75) is 33.6 Å². The number of carbonyl (C=O) groups excluding carboxylic acids is 1. The van der Waals surface area contributed by atoms with Gasteiger partial charge < -0.3 is 14.9 Å². The summed E-state index contributed by atoms with van der Waals surface area (Å²) < 4.78 is 0. The molecule has 2 unspecified atom stereocenters. The topological polar surface area (TPSA) is 84.6 Å². The number of urea groups is 1. The lowest BCUT2D eigenvalue weighted by molar-refractivity contribution is -0.148. The van der Waals surface area contributed by atoms with E-state index in [9.17, 15) is 14.7 Å². The molecule has 1 fully saturated rings. The number of hydrogen-bond acceptors (Lipinski definition) is 3. The Morgan fingerprint density at radius 2 is 2.15 bits per heavy atom. The van der Waals surface area contributed by atoms with Gasteiger partial charge in [-0.05, 0) is 26.7 Å². The minimum atomic E-state index is -0.830. The third-order valence-electron chi connectivity index (χ3n) is 4.12. The van der Waals surface area contributed by atoms with Gasteiger partial charge in [0.25, 0.3) is 0 Å². The number of rotatable bonds is 5. The van der Waals surface area contributed by atoms with E-state index in [1.165, 1.54) is 0 Å². The van der Waals surface area contributed by atoms with Crippen LogP contribution in [-0.2, 0) is 4.79 Å². The lowest BCUT2D eigenvalue weighted by Gasteiger charge is -2.29. The lowest BCUT2D eigenvalue weighted by atomic mass is 9.84. The minimum absolute atomic E-state index is 0.161. The Balaban J connectivity index is 2.74. The molecule has 0 aromatic carbocycles. The van der Waals surface area contributed by atoms with Crippen molar-refractivity contribution in [3.8, 4) is 6.07 Å². The van der Waals surface area contributed by atoms with Crippen molar-refractivity contribution in [1.82, 2.24) is 9.80 Å². The molecule has 1 aliphatic rings. The van der Waals surface area contributed by atoms with Gasteiger partial charge in [-0.2, -0.15) is 5.26 Å². The summed E-state index contributed by atoms with van der Waals surface area (Å²) in [7, 11) is 0. The van der Waals surface area contributed by atoms with Gasteiger partial charge in [0.2, 0.25) is 0 Å². The van der Waals surface area contributed by atoms with Gasteiger partial charge in [-0.25, -0.2) is 4.79 Å². The predicted molar refractivity (Wildman–Crippen MR) is 74.0 cm³/mol. The van der Waals surface area contributed by atoms with Crippen LogP contribution in [0.1, 0.15) is 33.6 Å². The van der Waals surface area contributed by atoms with Crippen molar-refractivity contribution in [3.63, 3.8) is 0 Å². The van der Waals surface area contributed by atoms with Gasteiger partial charge in [-0.15, -0.1) is 0 Å². The van der Waals surface area contributed by atoms with E-state index in [1.807, 2.05) is 13.8 Å². The summed E-state index contributed by atoms with van der Waals surface area (Å²) in [6.45, 7) is 7.11.